The van der Waals surface area contributed by atoms with Gasteiger partial charge in [-0.1, -0.05) is 69.7 Å². The zero-order valence-electron chi connectivity index (χ0n) is 16.8. The zero-order chi connectivity index (χ0) is 19.9. The van der Waals surface area contributed by atoms with Crippen molar-refractivity contribution in [3.8, 4) is 11.1 Å². The third-order valence-electron chi connectivity index (χ3n) is 6.29. The molecule has 0 spiro atoms. The van der Waals surface area contributed by atoms with E-state index in [1.807, 2.05) is 24.3 Å². The summed E-state index contributed by atoms with van der Waals surface area (Å²) >= 11 is 0. The summed E-state index contributed by atoms with van der Waals surface area (Å²) in [6.07, 6.45) is 13.1. The highest BCUT2D eigenvalue weighted by Crippen LogP contribution is 2.38. The first-order chi connectivity index (χ1) is 13.6. The SMILES string of the molecule is CCCCCCCC1CCC(c2ccc(-c3ccc(F)c(F)c3F)cc2)CC1. The second kappa shape index (κ2) is 10.1. The molecule has 1 saturated carbocycles. The highest BCUT2D eigenvalue weighted by molar-refractivity contribution is 5.64. The molecular weight excluding hydrogens is 357 g/mol. The van der Waals surface area contributed by atoms with Crippen molar-refractivity contribution in [1.29, 1.82) is 0 Å². The van der Waals surface area contributed by atoms with Crippen molar-refractivity contribution in [2.24, 2.45) is 5.92 Å². The van der Waals surface area contributed by atoms with Crippen LogP contribution in [0, 0.1) is 23.4 Å². The smallest absolute Gasteiger partial charge is 0.195 e. The molecule has 0 unspecified atom stereocenters. The van der Waals surface area contributed by atoms with E-state index >= 15 is 0 Å². The molecule has 28 heavy (non-hydrogen) atoms. The van der Waals surface area contributed by atoms with Crippen LogP contribution < -0.4 is 0 Å². The highest BCUT2D eigenvalue weighted by Gasteiger charge is 2.22. The average molecular weight is 389 g/mol. The van der Waals surface area contributed by atoms with E-state index in [-0.39, 0.29) is 5.56 Å². The fraction of sp³-hybridized carbons (Fsp3) is 0.520. The predicted octanol–water partition coefficient (Wildman–Crippen LogP) is 8.41. The number of hydrogen-bond acceptors (Lipinski definition) is 0. The van der Waals surface area contributed by atoms with Gasteiger partial charge in [0.2, 0.25) is 0 Å². The molecule has 3 heteroatoms. The Kier molecular flexibility index (Phi) is 7.58. The molecule has 152 valence electrons. The maximum atomic E-state index is 14.0. The van der Waals surface area contributed by atoms with Crippen molar-refractivity contribution >= 4 is 0 Å². The predicted molar refractivity (Wildman–Crippen MR) is 110 cm³/mol. The van der Waals surface area contributed by atoms with Crippen molar-refractivity contribution in [3.63, 3.8) is 0 Å². The van der Waals surface area contributed by atoms with Crippen LogP contribution in [0.2, 0.25) is 0 Å². The molecule has 1 aliphatic carbocycles. The second-order valence-corrected chi connectivity index (χ2v) is 8.27. The molecule has 0 N–H and O–H groups in total. The van der Waals surface area contributed by atoms with Crippen molar-refractivity contribution in [1.82, 2.24) is 0 Å². The highest BCUT2D eigenvalue weighted by atomic mass is 19.2. The third-order valence-corrected chi connectivity index (χ3v) is 6.29. The summed E-state index contributed by atoms with van der Waals surface area (Å²) in [7, 11) is 0. The molecule has 0 bridgehead atoms. The molecule has 0 saturated heterocycles. The first-order valence-electron chi connectivity index (χ1n) is 10.8. The van der Waals surface area contributed by atoms with Gasteiger partial charge in [-0.15, -0.1) is 0 Å². The molecule has 0 heterocycles. The minimum Gasteiger partial charge on any atom is -0.204 e. The topological polar surface area (TPSA) is 0 Å². The maximum Gasteiger partial charge on any atom is 0.195 e. The lowest BCUT2D eigenvalue weighted by atomic mass is 9.77. The number of benzene rings is 2. The van der Waals surface area contributed by atoms with Crippen LogP contribution in [-0.2, 0) is 0 Å². The van der Waals surface area contributed by atoms with E-state index in [1.165, 1.54) is 75.8 Å². The minimum absolute atomic E-state index is 0.109. The van der Waals surface area contributed by atoms with E-state index in [0.29, 0.717) is 11.5 Å². The lowest BCUT2D eigenvalue weighted by molar-refractivity contribution is 0.302. The first-order valence-corrected chi connectivity index (χ1v) is 10.8. The molecule has 0 nitrogen and oxygen atoms in total. The average Bonchev–Trinajstić information content (AvgIpc) is 2.73. The van der Waals surface area contributed by atoms with E-state index in [4.69, 9.17) is 0 Å². The zero-order valence-corrected chi connectivity index (χ0v) is 16.8. The third kappa shape index (κ3) is 5.18. The number of hydrogen-bond donors (Lipinski definition) is 0. The van der Waals surface area contributed by atoms with Crippen molar-refractivity contribution in [2.45, 2.75) is 77.0 Å². The molecule has 0 radical (unpaired) electrons. The van der Waals surface area contributed by atoms with Crippen LogP contribution in [0.4, 0.5) is 13.2 Å². The minimum atomic E-state index is -1.41. The van der Waals surface area contributed by atoms with Crippen LogP contribution in [-0.4, -0.2) is 0 Å². The summed E-state index contributed by atoms with van der Waals surface area (Å²) in [6, 6.07) is 9.97. The number of halogens is 3. The Balaban J connectivity index is 1.53. The van der Waals surface area contributed by atoms with Gasteiger partial charge in [0, 0.05) is 5.56 Å². The first kappa shape index (κ1) is 21.0. The van der Waals surface area contributed by atoms with Gasteiger partial charge in [-0.05, 0) is 60.8 Å². The molecule has 2 aromatic rings. The fourth-order valence-corrected chi connectivity index (χ4v) is 4.50. The van der Waals surface area contributed by atoms with Crippen LogP contribution >= 0.6 is 0 Å². The fourth-order valence-electron chi connectivity index (χ4n) is 4.50. The monoisotopic (exact) mass is 388 g/mol. The molecule has 0 aliphatic heterocycles. The Labute approximate surface area is 167 Å². The Morgan fingerprint density at radius 1 is 0.750 bits per heavy atom. The van der Waals surface area contributed by atoms with Crippen molar-refractivity contribution < 1.29 is 13.2 Å². The van der Waals surface area contributed by atoms with Gasteiger partial charge >= 0.3 is 0 Å². The molecule has 0 atom stereocenters. The summed E-state index contributed by atoms with van der Waals surface area (Å²) in [5.74, 6) is -2.25. The largest absolute Gasteiger partial charge is 0.204 e. The van der Waals surface area contributed by atoms with Crippen molar-refractivity contribution in [3.05, 3.63) is 59.4 Å². The van der Waals surface area contributed by atoms with E-state index in [2.05, 4.69) is 6.92 Å². The lowest BCUT2D eigenvalue weighted by Gasteiger charge is -2.29. The maximum absolute atomic E-state index is 14.0. The Morgan fingerprint density at radius 2 is 1.43 bits per heavy atom. The summed E-state index contributed by atoms with van der Waals surface area (Å²) in [5, 5.41) is 0. The summed E-state index contributed by atoms with van der Waals surface area (Å²) < 4.78 is 40.6. The van der Waals surface area contributed by atoms with E-state index in [9.17, 15) is 13.2 Å². The standard InChI is InChI=1S/C25H31F3/c1-2-3-4-5-6-7-18-8-10-19(11-9-18)20-12-14-21(15-13-20)22-16-17-23(26)25(28)24(22)27/h12-19H,2-11H2,1H3. The van der Waals surface area contributed by atoms with Crippen LogP contribution in [0.5, 0.6) is 0 Å². The van der Waals surface area contributed by atoms with Gasteiger partial charge in [-0.25, -0.2) is 13.2 Å². The molecule has 2 aromatic carbocycles. The summed E-state index contributed by atoms with van der Waals surface area (Å²) in [5.41, 5.74) is 1.96. The van der Waals surface area contributed by atoms with Gasteiger partial charge in [0.05, 0.1) is 0 Å². The van der Waals surface area contributed by atoms with Gasteiger partial charge in [0.15, 0.2) is 17.5 Å². The van der Waals surface area contributed by atoms with Gasteiger partial charge in [-0.3, -0.25) is 0 Å². The van der Waals surface area contributed by atoms with Crippen LogP contribution in [0.3, 0.4) is 0 Å². The van der Waals surface area contributed by atoms with Crippen molar-refractivity contribution in [2.75, 3.05) is 0 Å². The Hall–Kier alpha value is -1.77. The van der Waals surface area contributed by atoms with Gasteiger partial charge in [0.1, 0.15) is 0 Å². The molecule has 3 rings (SSSR count). The van der Waals surface area contributed by atoms with Gasteiger partial charge < -0.3 is 0 Å². The lowest BCUT2D eigenvalue weighted by Crippen LogP contribution is -2.13. The summed E-state index contributed by atoms with van der Waals surface area (Å²) in [4.78, 5) is 0. The summed E-state index contributed by atoms with van der Waals surface area (Å²) in [6.45, 7) is 2.25. The molecule has 1 aliphatic rings. The van der Waals surface area contributed by atoms with E-state index in [0.717, 1.165) is 12.0 Å². The molecule has 1 fully saturated rings. The van der Waals surface area contributed by atoms with Crippen LogP contribution in [0.25, 0.3) is 11.1 Å². The molecule has 0 amide bonds. The normalized spacial score (nSPS) is 19.7. The second-order valence-electron chi connectivity index (χ2n) is 8.27. The quantitative estimate of drug-likeness (QED) is 0.314. The Bertz CT molecular complexity index is 743. The Morgan fingerprint density at radius 3 is 2.11 bits per heavy atom. The molecular formula is C25H31F3. The molecule has 0 aromatic heterocycles. The van der Waals surface area contributed by atoms with Crippen LogP contribution in [0.15, 0.2) is 36.4 Å². The number of rotatable bonds is 8. The van der Waals surface area contributed by atoms with Gasteiger partial charge in [-0.2, -0.15) is 0 Å². The van der Waals surface area contributed by atoms with E-state index < -0.39 is 17.5 Å². The van der Waals surface area contributed by atoms with Gasteiger partial charge in [0.25, 0.3) is 0 Å². The van der Waals surface area contributed by atoms with E-state index in [1.54, 1.807) is 0 Å². The van der Waals surface area contributed by atoms with Crippen LogP contribution in [0.1, 0.15) is 82.6 Å². The number of unbranched alkanes of at least 4 members (excludes halogenated alkanes) is 4.